The molecule has 9 heteroatoms. The minimum Gasteiger partial charge on any atom is -0.480 e. The fourth-order valence-corrected chi connectivity index (χ4v) is 3.17. The van der Waals surface area contributed by atoms with Gasteiger partial charge in [0.25, 0.3) is 5.91 Å². The molecule has 7 nitrogen and oxygen atoms in total. The molecule has 0 aromatic heterocycles. The van der Waals surface area contributed by atoms with Crippen LogP contribution < -0.4 is 10.1 Å². The van der Waals surface area contributed by atoms with E-state index in [1.54, 1.807) is 24.3 Å². The molecule has 2 amide bonds. The van der Waals surface area contributed by atoms with Crippen LogP contribution in [0.5, 0.6) is 11.5 Å². The molecule has 158 valence electrons. The maximum Gasteiger partial charge on any atom is 0.326 e. The van der Waals surface area contributed by atoms with Crippen LogP contribution in [0.25, 0.3) is 0 Å². The number of rotatable bonds is 7. The average molecular weight is 418 g/mol. The van der Waals surface area contributed by atoms with Crippen LogP contribution in [0.1, 0.15) is 16.8 Å². The molecule has 1 aliphatic rings. The number of ether oxygens (including phenoxy) is 1. The van der Waals surface area contributed by atoms with Crippen LogP contribution in [0, 0.1) is 0 Å². The van der Waals surface area contributed by atoms with Gasteiger partial charge in [-0.2, -0.15) is 0 Å². The molecule has 2 N–H and O–H groups in total. The lowest BCUT2D eigenvalue weighted by Gasteiger charge is -2.21. The number of aliphatic carboxylic acids is 1. The first-order chi connectivity index (χ1) is 14.3. The summed E-state index contributed by atoms with van der Waals surface area (Å²) in [4.78, 5) is 36.6. The Bertz CT molecular complexity index is 923. The SMILES string of the molecule is O=C(NCC(=O)N1CC(F)(CF)C[C@@H]1C(=O)O)c1ccc(Oc2ccccc2)cc1. The van der Waals surface area contributed by atoms with Crippen LogP contribution in [0.15, 0.2) is 54.6 Å². The van der Waals surface area contributed by atoms with E-state index in [4.69, 9.17) is 9.84 Å². The van der Waals surface area contributed by atoms with Gasteiger partial charge in [0.2, 0.25) is 5.91 Å². The molecule has 1 fully saturated rings. The molecule has 2 aromatic carbocycles. The number of halogens is 2. The molecule has 0 aliphatic carbocycles. The van der Waals surface area contributed by atoms with Gasteiger partial charge < -0.3 is 20.1 Å². The molecular formula is C21H20F2N2O5. The summed E-state index contributed by atoms with van der Waals surface area (Å²) in [6.45, 7) is -2.59. The van der Waals surface area contributed by atoms with E-state index in [1.165, 1.54) is 12.1 Å². The highest BCUT2D eigenvalue weighted by Gasteiger charge is 2.49. The number of likely N-dealkylation sites (tertiary alicyclic amines) is 1. The molecule has 1 saturated heterocycles. The molecule has 30 heavy (non-hydrogen) atoms. The van der Waals surface area contributed by atoms with Crippen molar-refractivity contribution < 1.29 is 33.0 Å². The monoisotopic (exact) mass is 418 g/mol. The van der Waals surface area contributed by atoms with E-state index in [1.807, 2.05) is 18.2 Å². The van der Waals surface area contributed by atoms with Gasteiger partial charge in [-0.3, -0.25) is 9.59 Å². The van der Waals surface area contributed by atoms with E-state index < -0.39 is 55.7 Å². The highest BCUT2D eigenvalue weighted by Crippen LogP contribution is 2.31. The summed E-state index contributed by atoms with van der Waals surface area (Å²) in [7, 11) is 0. The summed E-state index contributed by atoms with van der Waals surface area (Å²) < 4.78 is 32.7. The second-order valence-corrected chi connectivity index (χ2v) is 6.99. The first-order valence-corrected chi connectivity index (χ1v) is 9.20. The third-order valence-corrected chi connectivity index (χ3v) is 4.73. The number of hydrogen-bond acceptors (Lipinski definition) is 4. The molecule has 2 atom stereocenters. The smallest absolute Gasteiger partial charge is 0.326 e. The average Bonchev–Trinajstić information content (AvgIpc) is 3.12. The van der Waals surface area contributed by atoms with E-state index in [2.05, 4.69) is 5.32 Å². The van der Waals surface area contributed by atoms with Crippen molar-refractivity contribution in [3.63, 3.8) is 0 Å². The Morgan fingerprint density at radius 3 is 2.33 bits per heavy atom. The third kappa shape index (κ3) is 4.91. The van der Waals surface area contributed by atoms with Crippen LogP contribution in [0.3, 0.4) is 0 Å². The summed E-state index contributed by atoms with van der Waals surface area (Å²) >= 11 is 0. The van der Waals surface area contributed by atoms with Crippen molar-refractivity contribution in [3.05, 3.63) is 60.2 Å². The van der Waals surface area contributed by atoms with Gasteiger partial charge in [-0.05, 0) is 36.4 Å². The Hall–Kier alpha value is -3.49. The van der Waals surface area contributed by atoms with E-state index in [0.717, 1.165) is 4.90 Å². The second-order valence-electron chi connectivity index (χ2n) is 6.99. The number of hydrogen-bond donors (Lipinski definition) is 2. The number of carbonyl (C=O) groups excluding carboxylic acids is 2. The molecule has 3 rings (SSSR count). The maximum absolute atomic E-state index is 14.2. The predicted octanol–water partition coefficient (Wildman–Crippen LogP) is 2.57. The van der Waals surface area contributed by atoms with Gasteiger partial charge in [0, 0.05) is 12.0 Å². The van der Waals surface area contributed by atoms with Gasteiger partial charge in [0.15, 0.2) is 5.67 Å². The van der Waals surface area contributed by atoms with Crippen LogP contribution in [0.2, 0.25) is 0 Å². The fourth-order valence-electron chi connectivity index (χ4n) is 3.17. The number of amides is 2. The molecule has 0 spiro atoms. The Labute approximate surface area is 171 Å². The minimum atomic E-state index is -2.39. The first-order valence-electron chi connectivity index (χ1n) is 9.20. The van der Waals surface area contributed by atoms with Gasteiger partial charge in [0.1, 0.15) is 24.2 Å². The number of nitrogens with zero attached hydrogens (tertiary/aromatic N) is 1. The quantitative estimate of drug-likeness (QED) is 0.721. The van der Waals surface area contributed by atoms with Crippen LogP contribution >= 0.6 is 0 Å². The highest BCUT2D eigenvalue weighted by atomic mass is 19.2. The summed E-state index contributed by atoms with van der Waals surface area (Å²) in [6, 6.07) is 13.8. The number of carboxylic acids is 1. The molecule has 2 aromatic rings. The van der Waals surface area contributed by atoms with Crippen molar-refractivity contribution in [1.82, 2.24) is 10.2 Å². The maximum atomic E-state index is 14.2. The van der Waals surface area contributed by atoms with Crippen molar-refractivity contribution in [2.45, 2.75) is 18.1 Å². The predicted molar refractivity (Wildman–Crippen MR) is 103 cm³/mol. The largest absolute Gasteiger partial charge is 0.480 e. The van der Waals surface area contributed by atoms with Gasteiger partial charge in [0.05, 0.1) is 13.1 Å². The second kappa shape index (κ2) is 8.89. The summed E-state index contributed by atoms with van der Waals surface area (Å²) in [5, 5.41) is 11.5. The van der Waals surface area contributed by atoms with Gasteiger partial charge in [-0.25, -0.2) is 13.6 Å². The Morgan fingerprint density at radius 2 is 1.73 bits per heavy atom. The molecule has 1 aliphatic heterocycles. The zero-order valence-electron chi connectivity index (χ0n) is 15.9. The zero-order chi connectivity index (χ0) is 21.7. The van der Waals surface area contributed by atoms with Crippen molar-refractivity contribution in [3.8, 4) is 11.5 Å². The highest BCUT2D eigenvalue weighted by molar-refractivity contribution is 5.97. The lowest BCUT2D eigenvalue weighted by molar-refractivity contribution is -0.147. The fraction of sp³-hybridized carbons (Fsp3) is 0.286. The molecule has 0 bridgehead atoms. The van der Waals surface area contributed by atoms with Gasteiger partial charge in [-0.1, -0.05) is 18.2 Å². The Balaban J connectivity index is 1.57. The Kier molecular flexibility index (Phi) is 6.29. The van der Waals surface area contributed by atoms with E-state index in [9.17, 15) is 23.2 Å². The van der Waals surface area contributed by atoms with Crippen LogP contribution in [-0.4, -0.2) is 59.3 Å². The summed E-state index contributed by atoms with van der Waals surface area (Å²) in [6.07, 6.45) is -0.624. The van der Waals surface area contributed by atoms with Crippen LogP contribution in [-0.2, 0) is 9.59 Å². The zero-order valence-corrected chi connectivity index (χ0v) is 15.9. The number of carboxylic acid groups (broad SMARTS) is 1. The molecule has 0 radical (unpaired) electrons. The molecule has 1 heterocycles. The van der Waals surface area contributed by atoms with Crippen molar-refractivity contribution in [2.24, 2.45) is 0 Å². The number of benzene rings is 2. The first kappa shape index (κ1) is 21.2. The number of nitrogens with one attached hydrogen (secondary N) is 1. The van der Waals surface area contributed by atoms with Crippen LogP contribution in [0.4, 0.5) is 8.78 Å². The standard InChI is InChI=1S/C21H20F2N2O5/c22-12-21(23)10-17(20(28)29)25(13-21)18(26)11-24-19(27)14-6-8-16(9-7-14)30-15-4-2-1-3-5-15/h1-9,17H,10-13H2,(H,24,27)(H,28,29)/t17-,21?/m1/s1. The van der Waals surface area contributed by atoms with E-state index >= 15 is 0 Å². The lowest BCUT2D eigenvalue weighted by Crippen LogP contribution is -2.46. The molecular weight excluding hydrogens is 398 g/mol. The summed E-state index contributed by atoms with van der Waals surface area (Å²) in [5.74, 6) is -1.64. The lowest BCUT2D eigenvalue weighted by atomic mass is 10.0. The van der Waals surface area contributed by atoms with Crippen molar-refractivity contribution in [1.29, 1.82) is 0 Å². The number of para-hydroxylation sites is 1. The van der Waals surface area contributed by atoms with Gasteiger partial charge >= 0.3 is 5.97 Å². The van der Waals surface area contributed by atoms with E-state index in [0.29, 0.717) is 11.5 Å². The number of alkyl halides is 2. The van der Waals surface area contributed by atoms with Gasteiger partial charge in [-0.15, -0.1) is 0 Å². The Morgan fingerprint density at radius 1 is 1.10 bits per heavy atom. The topological polar surface area (TPSA) is 95.9 Å². The molecule has 0 saturated carbocycles. The normalized spacial score (nSPS) is 20.6. The minimum absolute atomic E-state index is 0.253. The molecule has 1 unspecified atom stereocenters. The van der Waals surface area contributed by atoms with E-state index in [-0.39, 0.29) is 5.56 Å². The van der Waals surface area contributed by atoms with Crippen molar-refractivity contribution in [2.75, 3.05) is 19.8 Å². The number of carbonyl (C=O) groups is 3. The summed E-state index contributed by atoms with van der Waals surface area (Å²) in [5.41, 5.74) is -2.14. The third-order valence-electron chi connectivity index (χ3n) is 4.73. The van der Waals surface area contributed by atoms with Crippen molar-refractivity contribution >= 4 is 17.8 Å².